The number of carbonyl (C=O) groups excluding carboxylic acids is 2. The molecule has 1 saturated heterocycles. The highest BCUT2D eigenvalue weighted by molar-refractivity contribution is 6.03. The summed E-state index contributed by atoms with van der Waals surface area (Å²) in [6, 6.07) is 15.3. The molecule has 24 heavy (non-hydrogen) atoms. The van der Waals surface area contributed by atoms with Gasteiger partial charge in [0.15, 0.2) is 0 Å². The summed E-state index contributed by atoms with van der Waals surface area (Å²) in [6.45, 7) is 2.61. The molecule has 1 aliphatic heterocycles. The van der Waals surface area contributed by atoms with Crippen molar-refractivity contribution in [1.82, 2.24) is 4.90 Å². The number of likely N-dealkylation sites (tertiary alicyclic amines) is 1. The molecule has 3 atom stereocenters. The minimum Gasteiger partial charge on any atom is -0.368 e. The predicted molar refractivity (Wildman–Crippen MR) is 92.2 cm³/mol. The second-order valence-corrected chi connectivity index (χ2v) is 6.88. The Morgan fingerprint density at radius 2 is 1.88 bits per heavy atom. The number of hydrogen-bond acceptors (Lipinski definition) is 2. The standard InChI is InChI=1S/C20H20N2O2/c1-12-7-8-15(13-5-3-2-4-6-13)17(9-12)20(24)22-11-14-10-16(14)18(22)19(21)23/h2-9,14,16,18H,10-11H2,1H3,(H2,21,23)/t14-,16-,18+/m1/s1. The molecule has 2 N–H and O–H groups in total. The van der Waals surface area contributed by atoms with E-state index in [9.17, 15) is 9.59 Å². The van der Waals surface area contributed by atoms with Gasteiger partial charge < -0.3 is 10.6 Å². The Kier molecular flexibility index (Phi) is 3.41. The smallest absolute Gasteiger partial charge is 0.255 e. The Bertz CT molecular complexity index is 816. The van der Waals surface area contributed by atoms with Crippen molar-refractivity contribution in [1.29, 1.82) is 0 Å². The number of benzene rings is 2. The van der Waals surface area contributed by atoms with E-state index >= 15 is 0 Å². The van der Waals surface area contributed by atoms with Crippen LogP contribution in [0.5, 0.6) is 0 Å². The zero-order valence-electron chi connectivity index (χ0n) is 13.6. The first-order valence-corrected chi connectivity index (χ1v) is 8.32. The third kappa shape index (κ3) is 2.39. The van der Waals surface area contributed by atoms with Gasteiger partial charge in [-0.3, -0.25) is 9.59 Å². The Hall–Kier alpha value is -2.62. The van der Waals surface area contributed by atoms with E-state index in [1.807, 2.05) is 55.5 Å². The van der Waals surface area contributed by atoms with Crippen LogP contribution in [0.15, 0.2) is 48.5 Å². The molecule has 0 unspecified atom stereocenters. The molecule has 1 aliphatic carbocycles. The molecule has 0 radical (unpaired) electrons. The molecule has 2 amide bonds. The number of aryl methyl sites for hydroxylation is 1. The van der Waals surface area contributed by atoms with Crippen LogP contribution in [0.25, 0.3) is 11.1 Å². The van der Waals surface area contributed by atoms with Gasteiger partial charge in [-0.1, -0.05) is 48.0 Å². The van der Waals surface area contributed by atoms with E-state index in [-0.39, 0.29) is 17.7 Å². The second-order valence-electron chi connectivity index (χ2n) is 6.88. The fraction of sp³-hybridized carbons (Fsp3) is 0.300. The first kappa shape index (κ1) is 14.9. The fourth-order valence-electron chi connectivity index (χ4n) is 3.90. The van der Waals surface area contributed by atoms with Gasteiger partial charge in [-0.25, -0.2) is 0 Å². The molecule has 4 rings (SSSR count). The maximum absolute atomic E-state index is 13.2. The SMILES string of the molecule is Cc1ccc(-c2ccccc2)c(C(=O)N2C[C@H]3C[C@H]3[C@H]2C(N)=O)c1. The normalized spacial score (nSPS) is 24.5. The molecular weight excluding hydrogens is 300 g/mol. The Morgan fingerprint density at radius 1 is 1.12 bits per heavy atom. The number of hydrogen-bond donors (Lipinski definition) is 1. The number of nitrogens with two attached hydrogens (primary N) is 1. The Morgan fingerprint density at radius 3 is 2.58 bits per heavy atom. The zero-order chi connectivity index (χ0) is 16.8. The van der Waals surface area contributed by atoms with Crippen LogP contribution in [0.3, 0.4) is 0 Å². The molecule has 4 heteroatoms. The van der Waals surface area contributed by atoms with Gasteiger partial charge in [0.25, 0.3) is 5.91 Å². The zero-order valence-corrected chi connectivity index (χ0v) is 13.6. The maximum Gasteiger partial charge on any atom is 0.255 e. The molecule has 2 aromatic carbocycles. The maximum atomic E-state index is 13.2. The largest absolute Gasteiger partial charge is 0.368 e. The molecule has 122 valence electrons. The van der Waals surface area contributed by atoms with Crippen molar-refractivity contribution in [3.8, 4) is 11.1 Å². The van der Waals surface area contributed by atoms with Gasteiger partial charge in [-0.2, -0.15) is 0 Å². The molecule has 0 aromatic heterocycles. The molecule has 1 heterocycles. The lowest BCUT2D eigenvalue weighted by molar-refractivity contribution is -0.122. The van der Waals surface area contributed by atoms with E-state index in [1.165, 1.54) is 0 Å². The average Bonchev–Trinajstić information content (AvgIpc) is 3.24. The van der Waals surface area contributed by atoms with Crippen molar-refractivity contribution >= 4 is 11.8 Å². The van der Waals surface area contributed by atoms with E-state index < -0.39 is 6.04 Å². The number of nitrogens with zero attached hydrogens (tertiary/aromatic N) is 1. The molecule has 2 aromatic rings. The summed E-state index contributed by atoms with van der Waals surface area (Å²) in [5, 5.41) is 0. The van der Waals surface area contributed by atoms with Crippen molar-refractivity contribution in [2.24, 2.45) is 17.6 Å². The van der Waals surface area contributed by atoms with E-state index in [2.05, 4.69) is 0 Å². The molecule has 1 saturated carbocycles. The van der Waals surface area contributed by atoms with Crippen molar-refractivity contribution in [2.45, 2.75) is 19.4 Å². The first-order valence-electron chi connectivity index (χ1n) is 8.32. The number of amides is 2. The molecule has 4 nitrogen and oxygen atoms in total. The van der Waals surface area contributed by atoms with Crippen molar-refractivity contribution < 1.29 is 9.59 Å². The summed E-state index contributed by atoms with van der Waals surface area (Å²) in [4.78, 5) is 26.7. The van der Waals surface area contributed by atoms with Gasteiger partial charge >= 0.3 is 0 Å². The minimum absolute atomic E-state index is 0.0893. The summed E-state index contributed by atoms with van der Waals surface area (Å²) in [7, 11) is 0. The van der Waals surface area contributed by atoms with Crippen LogP contribution < -0.4 is 5.73 Å². The van der Waals surface area contributed by atoms with Crippen molar-refractivity contribution in [2.75, 3.05) is 6.54 Å². The van der Waals surface area contributed by atoms with Crippen LogP contribution in [0.4, 0.5) is 0 Å². The quantitative estimate of drug-likeness (QED) is 0.945. The van der Waals surface area contributed by atoms with Crippen LogP contribution in [-0.2, 0) is 4.79 Å². The van der Waals surface area contributed by atoms with Gasteiger partial charge in [0.05, 0.1) is 0 Å². The molecule has 2 fully saturated rings. The number of piperidine rings is 1. The van der Waals surface area contributed by atoms with Crippen LogP contribution >= 0.6 is 0 Å². The van der Waals surface area contributed by atoms with Crippen LogP contribution in [-0.4, -0.2) is 29.3 Å². The lowest BCUT2D eigenvalue weighted by Crippen LogP contribution is -2.46. The number of rotatable bonds is 3. The molecule has 0 bridgehead atoms. The third-order valence-electron chi connectivity index (χ3n) is 5.19. The van der Waals surface area contributed by atoms with Gasteiger partial charge in [0.2, 0.25) is 5.91 Å². The fourth-order valence-corrected chi connectivity index (χ4v) is 3.90. The third-order valence-corrected chi connectivity index (χ3v) is 5.19. The van der Waals surface area contributed by atoms with Crippen molar-refractivity contribution in [3.63, 3.8) is 0 Å². The monoisotopic (exact) mass is 320 g/mol. The summed E-state index contributed by atoms with van der Waals surface area (Å²) >= 11 is 0. The van der Waals surface area contributed by atoms with E-state index in [0.29, 0.717) is 18.0 Å². The van der Waals surface area contributed by atoms with Gasteiger partial charge in [-0.15, -0.1) is 0 Å². The van der Waals surface area contributed by atoms with Crippen LogP contribution in [0.2, 0.25) is 0 Å². The van der Waals surface area contributed by atoms with E-state index in [4.69, 9.17) is 5.73 Å². The van der Waals surface area contributed by atoms with Crippen molar-refractivity contribution in [3.05, 3.63) is 59.7 Å². The van der Waals surface area contributed by atoms with Gasteiger partial charge in [-0.05, 0) is 42.4 Å². The number of carbonyl (C=O) groups is 2. The number of fused-ring (bicyclic) bond motifs is 1. The molecule has 0 spiro atoms. The molecular formula is C20H20N2O2. The van der Waals surface area contributed by atoms with Gasteiger partial charge in [0.1, 0.15) is 6.04 Å². The van der Waals surface area contributed by atoms with E-state index in [1.54, 1.807) is 4.90 Å². The highest BCUT2D eigenvalue weighted by Crippen LogP contribution is 2.50. The highest BCUT2D eigenvalue weighted by Gasteiger charge is 2.56. The van der Waals surface area contributed by atoms with Crippen LogP contribution in [0, 0.1) is 18.8 Å². The summed E-state index contributed by atoms with van der Waals surface area (Å²) in [5.74, 6) is 0.226. The lowest BCUT2D eigenvalue weighted by Gasteiger charge is -2.26. The van der Waals surface area contributed by atoms with Crippen LogP contribution in [0.1, 0.15) is 22.3 Å². The number of primary amides is 1. The second kappa shape index (κ2) is 5.48. The topological polar surface area (TPSA) is 63.4 Å². The lowest BCUT2D eigenvalue weighted by atomic mass is 9.96. The van der Waals surface area contributed by atoms with E-state index in [0.717, 1.165) is 23.1 Å². The summed E-state index contributed by atoms with van der Waals surface area (Å²) < 4.78 is 0. The highest BCUT2D eigenvalue weighted by atomic mass is 16.2. The summed E-state index contributed by atoms with van der Waals surface area (Å²) in [5.41, 5.74) is 9.14. The first-order chi connectivity index (χ1) is 11.6. The Labute approximate surface area is 141 Å². The predicted octanol–water partition coefficient (Wildman–Crippen LogP) is 2.61. The average molecular weight is 320 g/mol. The van der Waals surface area contributed by atoms with Gasteiger partial charge in [0, 0.05) is 12.1 Å². The minimum atomic E-state index is -0.452. The Balaban J connectivity index is 1.75. The summed E-state index contributed by atoms with van der Waals surface area (Å²) in [6.07, 6.45) is 1.01. The molecule has 2 aliphatic rings.